The monoisotopic (exact) mass is 509 g/mol. The third kappa shape index (κ3) is 6.77. The number of rotatable bonds is 11. The molecule has 1 aromatic rings. The number of nitrogens with one attached hydrogen (secondary N) is 2. The summed E-state index contributed by atoms with van der Waals surface area (Å²) in [6.45, 7) is 3.86. The number of sulfonamides is 1. The number of hydrogen-bond acceptors (Lipinski definition) is 5. The van der Waals surface area contributed by atoms with E-state index in [-0.39, 0.29) is 17.7 Å². The number of hydrazone groups is 1. The molecule has 0 heterocycles. The molecule has 3 N–H and O–H groups in total. The first-order valence-corrected chi connectivity index (χ1v) is 13.2. The largest absolute Gasteiger partial charge is 0.480 e. The van der Waals surface area contributed by atoms with Gasteiger partial charge in [0.2, 0.25) is 10.0 Å². The molecule has 2 aliphatic carbocycles. The van der Waals surface area contributed by atoms with E-state index < -0.39 is 33.4 Å². The molecule has 2 aliphatic rings. The summed E-state index contributed by atoms with van der Waals surface area (Å²) < 4.78 is 28.5. The number of unbranched alkanes of at least 4 members (excludes halogenated alkanes) is 1. The molecule has 0 radical (unpaired) electrons. The maximum atomic E-state index is 13.1. The molecular formula is C27H31N3O5S. The van der Waals surface area contributed by atoms with Gasteiger partial charge in [-0.2, -0.15) is 9.82 Å². The lowest BCUT2D eigenvalue weighted by molar-refractivity contribution is -0.140. The van der Waals surface area contributed by atoms with Crippen LogP contribution in [-0.2, 0) is 19.6 Å². The molecule has 0 bridgehead atoms. The quantitative estimate of drug-likeness (QED) is 0.179. The van der Waals surface area contributed by atoms with Crippen LogP contribution in [0.2, 0.25) is 0 Å². The van der Waals surface area contributed by atoms with E-state index in [9.17, 15) is 23.1 Å². The van der Waals surface area contributed by atoms with Crippen LogP contribution in [0.5, 0.6) is 0 Å². The third-order valence-corrected chi connectivity index (χ3v) is 7.53. The minimum absolute atomic E-state index is 0.118. The molecule has 0 spiro atoms. The van der Waals surface area contributed by atoms with Crippen molar-refractivity contribution in [2.75, 3.05) is 0 Å². The van der Waals surface area contributed by atoms with Crippen LogP contribution < -0.4 is 10.1 Å². The van der Waals surface area contributed by atoms with Gasteiger partial charge in [0.25, 0.3) is 5.91 Å². The molecule has 1 aromatic carbocycles. The number of carboxylic acids is 1. The minimum atomic E-state index is -4.15. The molecule has 36 heavy (non-hydrogen) atoms. The van der Waals surface area contributed by atoms with Crippen molar-refractivity contribution in [3.8, 4) is 0 Å². The number of carbonyl (C=O) groups excluding carboxylic acids is 1. The maximum Gasteiger partial charge on any atom is 0.325 e. The standard InChI is InChI=1S/C27H31N3O5S/c1-3-4-5-7-11-20(2)19-28-29-25(31)22-14-10-15-23(17-16-22)36(34,35)30-27(26(32)33)18-24(27)21-12-8-6-9-13-21/h3-4,6,8-13,15-17,19,24,30H,5,7,14,18H2,1-2H3,(H,29,31)(H,32,33)/b4-3-,20-11+,28-19+. The van der Waals surface area contributed by atoms with Gasteiger partial charge in [-0.3, -0.25) is 9.59 Å². The summed E-state index contributed by atoms with van der Waals surface area (Å²) in [7, 11) is -4.15. The van der Waals surface area contributed by atoms with E-state index >= 15 is 0 Å². The van der Waals surface area contributed by atoms with Gasteiger partial charge in [0.15, 0.2) is 0 Å². The Bertz CT molecular complexity index is 1270. The third-order valence-electron chi connectivity index (χ3n) is 6.00. The van der Waals surface area contributed by atoms with E-state index in [4.69, 9.17) is 0 Å². The van der Waals surface area contributed by atoms with Gasteiger partial charge < -0.3 is 5.11 Å². The molecule has 2 unspecified atom stereocenters. The normalized spacial score (nSPS) is 22.3. The van der Waals surface area contributed by atoms with Crippen molar-refractivity contribution in [1.29, 1.82) is 0 Å². The van der Waals surface area contributed by atoms with Crippen LogP contribution in [-0.4, -0.2) is 37.2 Å². The Morgan fingerprint density at radius 1 is 1.19 bits per heavy atom. The lowest BCUT2D eigenvalue weighted by Crippen LogP contribution is -2.44. The number of hydrogen-bond donors (Lipinski definition) is 3. The minimum Gasteiger partial charge on any atom is -0.480 e. The molecule has 0 aliphatic heterocycles. The number of amides is 1. The second-order valence-corrected chi connectivity index (χ2v) is 10.4. The molecule has 0 saturated heterocycles. The van der Waals surface area contributed by atoms with Crippen LogP contribution in [0.4, 0.5) is 0 Å². The first-order chi connectivity index (χ1) is 17.2. The zero-order chi connectivity index (χ0) is 26.2. The van der Waals surface area contributed by atoms with E-state index in [0.29, 0.717) is 5.57 Å². The summed E-state index contributed by atoms with van der Waals surface area (Å²) in [5, 5.41) is 13.8. The fourth-order valence-corrected chi connectivity index (χ4v) is 5.32. The molecule has 1 saturated carbocycles. The topological polar surface area (TPSA) is 125 Å². The molecular weight excluding hydrogens is 478 g/mol. The molecule has 190 valence electrons. The molecule has 2 atom stereocenters. The first kappa shape index (κ1) is 27.0. The highest BCUT2D eigenvalue weighted by Crippen LogP contribution is 2.52. The van der Waals surface area contributed by atoms with Crippen LogP contribution in [0.3, 0.4) is 0 Å². The fourth-order valence-electron chi connectivity index (χ4n) is 3.89. The Labute approximate surface area is 211 Å². The van der Waals surface area contributed by atoms with Crippen molar-refractivity contribution >= 4 is 28.1 Å². The molecule has 9 heteroatoms. The highest BCUT2D eigenvalue weighted by Gasteiger charge is 2.63. The van der Waals surface area contributed by atoms with Gasteiger partial charge in [0, 0.05) is 17.7 Å². The Morgan fingerprint density at radius 3 is 2.64 bits per heavy atom. The fraction of sp³-hybridized carbons (Fsp3) is 0.296. The van der Waals surface area contributed by atoms with Gasteiger partial charge in [0.05, 0.1) is 4.91 Å². The van der Waals surface area contributed by atoms with Gasteiger partial charge >= 0.3 is 5.97 Å². The van der Waals surface area contributed by atoms with E-state index in [1.807, 2.05) is 32.1 Å². The molecule has 1 fully saturated rings. The number of aliphatic carboxylic acids is 1. The van der Waals surface area contributed by atoms with Crippen LogP contribution in [0, 0.1) is 0 Å². The van der Waals surface area contributed by atoms with Crippen molar-refractivity contribution in [2.24, 2.45) is 5.10 Å². The second-order valence-electron chi connectivity index (χ2n) is 8.71. The first-order valence-electron chi connectivity index (χ1n) is 11.7. The van der Waals surface area contributed by atoms with Crippen molar-refractivity contribution in [3.63, 3.8) is 0 Å². The second kappa shape index (κ2) is 11.9. The summed E-state index contributed by atoms with van der Waals surface area (Å²) in [4.78, 5) is 24.4. The predicted molar refractivity (Wildman–Crippen MR) is 141 cm³/mol. The summed E-state index contributed by atoms with van der Waals surface area (Å²) in [6, 6.07) is 8.96. The highest BCUT2D eigenvalue weighted by atomic mass is 32.2. The van der Waals surface area contributed by atoms with E-state index in [1.165, 1.54) is 18.2 Å². The zero-order valence-corrected chi connectivity index (χ0v) is 21.2. The van der Waals surface area contributed by atoms with Crippen LogP contribution in [0.25, 0.3) is 0 Å². The van der Waals surface area contributed by atoms with Crippen LogP contribution in [0.1, 0.15) is 51.0 Å². The predicted octanol–water partition coefficient (Wildman–Crippen LogP) is 4.09. The molecule has 1 amide bonds. The van der Waals surface area contributed by atoms with E-state index in [2.05, 4.69) is 21.3 Å². The van der Waals surface area contributed by atoms with Gasteiger partial charge in [-0.25, -0.2) is 13.8 Å². The van der Waals surface area contributed by atoms with Gasteiger partial charge in [-0.05, 0) is 62.8 Å². The summed E-state index contributed by atoms with van der Waals surface area (Å²) in [5.74, 6) is -2.14. The average molecular weight is 510 g/mol. The Balaban J connectivity index is 1.67. The highest BCUT2D eigenvalue weighted by molar-refractivity contribution is 7.93. The van der Waals surface area contributed by atoms with Crippen LogP contribution >= 0.6 is 0 Å². The van der Waals surface area contributed by atoms with Gasteiger partial charge in [-0.1, -0.05) is 60.7 Å². The number of allylic oxidation sites excluding steroid dienone is 8. The SMILES string of the molecule is C/C=C\CC/C=C(C)/C=N/NC(=O)C1=CC=C(S(=O)(=O)NC2(C(=O)O)CC2c2ccccc2)C=CC1. The average Bonchev–Trinajstić information content (AvgIpc) is 3.62. The van der Waals surface area contributed by atoms with Gasteiger partial charge in [0.1, 0.15) is 5.54 Å². The lowest BCUT2D eigenvalue weighted by Gasteiger charge is -2.16. The molecule has 0 aromatic heterocycles. The lowest BCUT2D eigenvalue weighted by atomic mass is 10.1. The van der Waals surface area contributed by atoms with Gasteiger partial charge in [-0.15, -0.1) is 0 Å². The maximum absolute atomic E-state index is 13.1. The Kier molecular flexibility index (Phi) is 8.95. The van der Waals surface area contributed by atoms with Crippen molar-refractivity contribution < 1.29 is 23.1 Å². The summed E-state index contributed by atoms with van der Waals surface area (Å²) in [5.41, 5.74) is 2.85. The molecule has 8 nitrogen and oxygen atoms in total. The van der Waals surface area contributed by atoms with Crippen molar-refractivity contribution in [3.05, 3.63) is 94.5 Å². The van der Waals surface area contributed by atoms with E-state index in [0.717, 1.165) is 24.0 Å². The zero-order valence-electron chi connectivity index (χ0n) is 20.3. The van der Waals surface area contributed by atoms with Crippen LogP contribution in [0.15, 0.2) is 94.0 Å². The molecule has 3 rings (SSSR count). The Hall–Kier alpha value is -3.56. The van der Waals surface area contributed by atoms with E-state index in [1.54, 1.807) is 36.6 Å². The smallest absolute Gasteiger partial charge is 0.325 e. The number of carboxylic acid groups (broad SMARTS) is 1. The summed E-state index contributed by atoms with van der Waals surface area (Å²) >= 11 is 0. The summed E-state index contributed by atoms with van der Waals surface area (Å²) in [6.07, 6.45) is 15.4. The Morgan fingerprint density at radius 2 is 1.94 bits per heavy atom. The number of benzene rings is 1. The number of nitrogens with zero attached hydrogens (tertiary/aromatic N) is 1. The van der Waals surface area contributed by atoms with Crippen molar-refractivity contribution in [2.45, 2.75) is 51.0 Å². The number of carbonyl (C=O) groups is 2. The van der Waals surface area contributed by atoms with Crippen molar-refractivity contribution in [1.82, 2.24) is 10.1 Å².